The Labute approximate surface area is 117 Å². The van der Waals surface area contributed by atoms with Gasteiger partial charge in [-0.15, -0.1) is 0 Å². The number of likely N-dealkylation sites (tertiary alicyclic amines) is 1. The second kappa shape index (κ2) is 7.06. The predicted octanol–water partition coefficient (Wildman–Crippen LogP) is 2.29. The Kier molecular flexibility index (Phi) is 5.40. The van der Waals surface area contributed by atoms with E-state index in [1.165, 1.54) is 31.4 Å². The van der Waals surface area contributed by atoms with E-state index in [1.807, 2.05) is 0 Å². The van der Waals surface area contributed by atoms with E-state index in [2.05, 4.69) is 53.4 Å². The minimum absolute atomic E-state index is 0.514. The zero-order chi connectivity index (χ0) is 13.7. The van der Waals surface area contributed by atoms with E-state index in [1.54, 1.807) is 0 Å². The van der Waals surface area contributed by atoms with Crippen LogP contribution in [0.3, 0.4) is 0 Å². The summed E-state index contributed by atoms with van der Waals surface area (Å²) < 4.78 is 2.09. The Bertz CT molecular complexity index is 374. The van der Waals surface area contributed by atoms with E-state index >= 15 is 0 Å². The van der Waals surface area contributed by atoms with Crippen molar-refractivity contribution in [3.63, 3.8) is 0 Å². The van der Waals surface area contributed by atoms with Crippen LogP contribution in [0.15, 0.2) is 12.4 Å². The first kappa shape index (κ1) is 14.5. The zero-order valence-electron chi connectivity index (χ0n) is 12.6. The van der Waals surface area contributed by atoms with Crippen molar-refractivity contribution in [3.8, 4) is 0 Å². The first-order chi connectivity index (χ1) is 9.26. The normalized spacial score (nSPS) is 25.4. The lowest BCUT2D eigenvalue weighted by atomic mass is 9.91. The van der Waals surface area contributed by atoms with Crippen molar-refractivity contribution < 1.29 is 0 Å². The Morgan fingerprint density at radius 2 is 2.26 bits per heavy atom. The number of rotatable bonds is 5. The fraction of sp³-hybridized carbons (Fsp3) is 0.800. The number of hydrogen-bond acceptors (Lipinski definition) is 3. The molecule has 2 atom stereocenters. The lowest BCUT2D eigenvalue weighted by Crippen LogP contribution is -2.33. The molecule has 1 aliphatic heterocycles. The highest BCUT2D eigenvalue weighted by Crippen LogP contribution is 2.33. The molecule has 0 spiro atoms. The molecule has 4 heteroatoms. The van der Waals surface area contributed by atoms with Crippen molar-refractivity contribution in [1.29, 1.82) is 0 Å². The molecular weight excluding hydrogens is 236 g/mol. The maximum atomic E-state index is 4.51. The van der Waals surface area contributed by atoms with Crippen LogP contribution in [0.1, 0.15) is 44.2 Å². The van der Waals surface area contributed by atoms with Crippen LogP contribution in [0.5, 0.6) is 0 Å². The van der Waals surface area contributed by atoms with Crippen molar-refractivity contribution in [2.24, 2.45) is 5.92 Å². The molecule has 0 amide bonds. The quantitative estimate of drug-likeness (QED) is 0.886. The topological polar surface area (TPSA) is 33.1 Å². The van der Waals surface area contributed by atoms with Gasteiger partial charge in [-0.3, -0.25) is 9.58 Å². The molecule has 0 saturated carbocycles. The Balaban J connectivity index is 2.18. The van der Waals surface area contributed by atoms with Gasteiger partial charge in [0.2, 0.25) is 0 Å². The highest BCUT2D eigenvalue weighted by atomic mass is 15.3. The van der Waals surface area contributed by atoms with Gasteiger partial charge in [0.05, 0.1) is 6.20 Å². The third kappa shape index (κ3) is 3.57. The Hall–Kier alpha value is -0.870. The number of nitrogens with zero attached hydrogens (tertiary/aromatic N) is 3. The van der Waals surface area contributed by atoms with Gasteiger partial charge in [-0.25, -0.2) is 0 Å². The number of aromatic nitrogens is 2. The molecule has 1 aromatic heterocycles. The second-order valence-electron chi connectivity index (χ2n) is 5.78. The van der Waals surface area contributed by atoms with Crippen LogP contribution in [0, 0.1) is 5.92 Å². The second-order valence-corrected chi connectivity index (χ2v) is 5.78. The van der Waals surface area contributed by atoms with Gasteiger partial charge in [-0.1, -0.05) is 13.3 Å². The van der Waals surface area contributed by atoms with Gasteiger partial charge in [0.25, 0.3) is 0 Å². The zero-order valence-corrected chi connectivity index (χ0v) is 12.6. The molecule has 19 heavy (non-hydrogen) atoms. The molecule has 1 aromatic rings. The lowest BCUT2D eigenvalue weighted by Gasteiger charge is -2.31. The summed E-state index contributed by atoms with van der Waals surface area (Å²) in [5, 5.41) is 7.87. The van der Waals surface area contributed by atoms with Gasteiger partial charge in [0.1, 0.15) is 0 Å². The molecule has 0 radical (unpaired) electrons. The third-order valence-corrected chi connectivity index (χ3v) is 4.17. The van der Waals surface area contributed by atoms with Crippen LogP contribution in [0.25, 0.3) is 0 Å². The van der Waals surface area contributed by atoms with E-state index < -0.39 is 0 Å². The molecule has 1 saturated heterocycles. The predicted molar refractivity (Wildman–Crippen MR) is 79.2 cm³/mol. The van der Waals surface area contributed by atoms with E-state index in [4.69, 9.17) is 0 Å². The molecule has 0 bridgehead atoms. The van der Waals surface area contributed by atoms with Gasteiger partial charge in [-0.05, 0) is 52.4 Å². The highest BCUT2D eigenvalue weighted by molar-refractivity contribution is 5.13. The summed E-state index contributed by atoms with van der Waals surface area (Å²) in [5.41, 5.74) is 1.39. The summed E-state index contributed by atoms with van der Waals surface area (Å²) in [6, 6.07) is 0.514. The Morgan fingerprint density at radius 1 is 1.42 bits per heavy atom. The number of aryl methyl sites for hydroxylation is 1. The first-order valence-electron chi connectivity index (χ1n) is 7.63. The highest BCUT2D eigenvalue weighted by Gasteiger charge is 2.29. The average Bonchev–Trinajstić information content (AvgIpc) is 2.76. The standard InChI is InChI=1S/C15H28N4/c1-4-8-19-12-14(11-17-19)15-13(10-16-2)7-5-6-9-18(15)3/h11-13,15-16H,4-10H2,1-3H3. The van der Waals surface area contributed by atoms with Crippen LogP contribution in [0.4, 0.5) is 0 Å². The fourth-order valence-electron chi connectivity index (χ4n) is 3.31. The van der Waals surface area contributed by atoms with Crippen molar-refractivity contribution in [2.75, 3.05) is 27.2 Å². The van der Waals surface area contributed by atoms with E-state index in [9.17, 15) is 0 Å². The molecule has 2 heterocycles. The van der Waals surface area contributed by atoms with Crippen LogP contribution >= 0.6 is 0 Å². The fourth-order valence-corrected chi connectivity index (χ4v) is 3.31. The van der Waals surface area contributed by atoms with Gasteiger partial charge >= 0.3 is 0 Å². The van der Waals surface area contributed by atoms with Gasteiger partial charge in [0.15, 0.2) is 0 Å². The molecule has 1 fully saturated rings. The third-order valence-electron chi connectivity index (χ3n) is 4.17. The first-order valence-corrected chi connectivity index (χ1v) is 7.63. The van der Waals surface area contributed by atoms with Crippen LogP contribution in [-0.4, -0.2) is 41.9 Å². The monoisotopic (exact) mass is 264 g/mol. The summed E-state index contributed by atoms with van der Waals surface area (Å²) in [6.07, 6.45) is 9.44. The lowest BCUT2D eigenvalue weighted by molar-refractivity contribution is 0.191. The van der Waals surface area contributed by atoms with E-state index in [0.717, 1.165) is 19.5 Å². The number of nitrogens with one attached hydrogen (secondary N) is 1. The van der Waals surface area contributed by atoms with E-state index in [-0.39, 0.29) is 0 Å². The maximum absolute atomic E-state index is 4.51. The molecule has 2 rings (SSSR count). The molecule has 1 N–H and O–H groups in total. The largest absolute Gasteiger partial charge is 0.319 e. The van der Waals surface area contributed by atoms with Crippen molar-refractivity contribution >= 4 is 0 Å². The molecule has 2 unspecified atom stereocenters. The summed E-state index contributed by atoms with van der Waals surface area (Å²) in [4.78, 5) is 2.52. The van der Waals surface area contributed by atoms with Crippen molar-refractivity contribution in [1.82, 2.24) is 20.0 Å². The molecule has 108 valence electrons. The summed E-state index contributed by atoms with van der Waals surface area (Å²) >= 11 is 0. The van der Waals surface area contributed by atoms with Crippen LogP contribution < -0.4 is 5.32 Å². The molecule has 4 nitrogen and oxygen atoms in total. The van der Waals surface area contributed by atoms with Crippen LogP contribution in [-0.2, 0) is 6.54 Å². The van der Waals surface area contributed by atoms with Crippen molar-refractivity contribution in [3.05, 3.63) is 18.0 Å². The van der Waals surface area contributed by atoms with E-state index in [0.29, 0.717) is 12.0 Å². The SMILES string of the molecule is CCCn1cc(C2C(CNC)CCCCN2C)cn1. The van der Waals surface area contributed by atoms with Gasteiger partial charge < -0.3 is 5.32 Å². The van der Waals surface area contributed by atoms with Crippen molar-refractivity contribution in [2.45, 2.75) is 45.2 Å². The minimum atomic E-state index is 0.514. The Morgan fingerprint density at radius 3 is 3.00 bits per heavy atom. The van der Waals surface area contributed by atoms with Gasteiger partial charge in [-0.2, -0.15) is 5.10 Å². The maximum Gasteiger partial charge on any atom is 0.0537 e. The smallest absolute Gasteiger partial charge is 0.0537 e. The minimum Gasteiger partial charge on any atom is -0.319 e. The van der Waals surface area contributed by atoms with Gasteiger partial charge in [0, 0.05) is 24.3 Å². The molecule has 0 aromatic carbocycles. The average molecular weight is 264 g/mol. The number of hydrogen-bond donors (Lipinski definition) is 1. The summed E-state index contributed by atoms with van der Waals surface area (Å²) in [5.74, 6) is 0.691. The molecular formula is C15H28N4. The molecule has 0 aliphatic carbocycles. The van der Waals surface area contributed by atoms with Crippen LogP contribution in [0.2, 0.25) is 0 Å². The molecule has 1 aliphatic rings. The summed E-state index contributed by atoms with van der Waals surface area (Å²) in [6.45, 7) is 5.51. The summed E-state index contributed by atoms with van der Waals surface area (Å²) in [7, 11) is 4.32.